The lowest BCUT2D eigenvalue weighted by molar-refractivity contribution is -0.140. The van der Waals surface area contributed by atoms with Crippen molar-refractivity contribution in [1.29, 1.82) is 0 Å². The number of thiazole rings is 1. The highest BCUT2D eigenvalue weighted by Gasteiger charge is 2.33. The van der Waals surface area contributed by atoms with E-state index in [1.54, 1.807) is 0 Å². The quantitative estimate of drug-likeness (QED) is 0.617. The second-order valence-corrected chi connectivity index (χ2v) is 6.55. The van der Waals surface area contributed by atoms with Crippen molar-refractivity contribution >= 4 is 17.3 Å². The number of halogens is 3. The Morgan fingerprint density at radius 2 is 2.00 bits per heavy atom. The second kappa shape index (κ2) is 8.33. The number of benzene rings is 1. The molecule has 25 heavy (non-hydrogen) atoms. The van der Waals surface area contributed by atoms with E-state index in [1.165, 1.54) is 5.56 Å². The third-order valence-electron chi connectivity index (χ3n) is 3.50. The molecule has 0 aliphatic heterocycles. The van der Waals surface area contributed by atoms with Gasteiger partial charge in [0.2, 0.25) is 0 Å². The van der Waals surface area contributed by atoms with Crippen molar-refractivity contribution < 1.29 is 13.2 Å². The van der Waals surface area contributed by atoms with Gasteiger partial charge in [0.25, 0.3) is 0 Å². The lowest BCUT2D eigenvalue weighted by atomic mass is 10.1. The maximum Gasteiger partial charge on any atom is 0.434 e. The largest absolute Gasteiger partial charge is 0.434 e. The summed E-state index contributed by atoms with van der Waals surface area (Å²) in [5, 5.41) is 7.50. The van der Waals surface area contributed by atoms with Gasteiger partial charge < -0.3 is 10.6 Å². The Morgan fingerprint density at radius 3 is 2.60 bits per heavy atom. The molecule has 0 fully saturated rings. The van der Waals surface area contributed by atoms with Crippen molar-refractivity contribution in [3.05, 3.63) is 51.0 Å². The van der Waals surface area contributed by atoms with Crippen LogP contribution >= 0.6 is 11.3 Å². The molecule has 0 bridgehead atoms. The number of rotatable bonds is 5. The van der Waals surface area contributed by atoms with Gasteiger partial charge in [0, 0.05) is 11.9 Å². The number of aryl methyl sites for hydroxylation is 2. The summed E-state index contributed by atoms with van der Waals surface area (Å²) >= 11 is 0.979. The lowest BCUT2D eigenvalue weighted by Crippen LogP contribution is -2.36. The van der Waals surface area contributed by atoms with E-state index in [0.717, 1.165) is 27.8 Å². The molecule has 0 amide bonds. The molecule has 2 rings (SSSR count). The zero-order valence-electron chi connectivity index (χ0n) is 14.4. The fourth-order valence-corrected chi connectivity index (χ4v) is 2.95. The first-order valence-corrected chi connectivity index (χ1v) is 8.77. The third kappa shape index (κ3) is 5.74. The Morgan fingerprint density at radius 1 is 1.24 bits per heavy atom. The standard InChI is InChI=1S/C17H21F3N4S/c1-4-21-16(22-8-13-6-5-11(2)7-12(13)3)23-9-15-24-14(10-25-15)17(18,19)20/h5-7,10H,4,8-9H2,1-3H3,(H2,21,22,23). The predicted molar refractivity (Wildman–Crippen MR) is 94.7 cm³/mol. The van der Waals surface area contributed by atoms with Gasteiger partial charge in [0.05, 0.1) is 13.1 Å². The van der Waals surface area contributed by atoms with Crippen LogP contribution in [0.15, 0.2) is 28.6 Å². The van der Waals surface area contributed by atoms with Gasteiger partial charge in [-0.15, -0.1) is 11.3 Å². The molecule has 0 aliphatic rings. The van der Waals surface area contributed by atoms with Crippen LogP contribution in [0.5, 0.6) is 0 Å². The number of nitrogens with one attached hydrogen (secondary N) is 2. The van der Waals surface area contributed by atoms with Gasteiger partial charge in [-0.3, -0.25) is 0 Å². The smallest absolute Gasteiger partial charge is 0.357 e. The molecular weight excluding hydrogens is 349 g/mol. The molecule has 4 nitrogen and oxygen atoms in total. The average molecular weight is 370 g/mol. The minimum Gasteiger partial charge on any atom is -0.357 e. The molecule has 0 saturated heterocycles. The van der Waals surface area contributed by atoms with Crippen molar-refractivity contribution in [2.24, 2.45) is 4.99 Å². The van der Waals surface area contributed by atoms with Gasteiger partial charge in [-0.05, 0) is 31.9 Å². The van der Waals surface area contributed by atoms with E-state index in [1.807, 2.05) is 32.9 Å². The molecule has 0 spiro atoms. The number of guanidine groups is 1. The van der Waals surface area contributed by atoms with E-state index in [2.05, 4.69) is 26.7 Å². The molecule has 136 valence electrons. The first-order valence-electron chi connectivity index (χ1n) is 7.89. The van der Waals surface area contributed by atoms with E-state index >= 15 is 0 Å². The van der Waals surface area contributed by atoms with Crippen LogP contribution in [-0.4, -0.2) is 17.5 Å². The summed E-state index contributed by atoms with van der Waals surface area (Å²) in [5.41, 5.74) is 2.61. The summed E-state index contributed by atoms with van der Waals surface area (Å²) in [6, 6.07) is 6.17. The molecule has 0 saturated carbocycles. The van der Waals surface area contributed by atoms with E-state index in [-0.39, 0.29) is 6.54 Å². The summed E-state index contributed by atoms with van der Waals surface area (Å²) in [4.78, 5) is 8.10. The van der Waals surface area contributed by atoms with Crippen molar-refractivity contribution in [2.75, 3.05) is 6.54 Å². The van der Waals surface area contributed by atoms with Crippen molar-refractivity contribution in [2.45, 2.75) is 40.0 Å². The molecule has 0 unspecified atom stereocenters. The van der Waals surface area contributed by atoms with Crippen molar-refractivity contribution in [1.82, 2.24) is 15.6 Å². The molecular formula is C17H21F3N4S. The van der Waals surface area contributed by atoms with Crippen molar-refractivity contribution in [3.63, 3.8) is 0 Å². The summed E-state index contributed by atoms with van der Waals surface area (Å²) in [6.45, 7) is 7.35. The molecule has 8 heteroatoms. The van der Waals surface area contributed by atoms with Crippen LogP contribution in [0.25, 0.3) is 0 Å². The normalized spacial score (nSPS) is 12.3. The van der Waals surface area contributed by atoms with Gasteiger partial charge in [-0.2, -0.15) is 13.2 Å². The second-order valence-electron chi connectivity index (χ2n) is 5.60. The van der Waals surface area contributed by atoms with Crippen LogP contribution in [0, 0.1) is 13.8 Å². The van der Waals surface area contributed by atoms with Gasteiger partial charge in [-0.1, -0.05) is 23.8 Å². The van der Waals surface area contributed by atoms with Crippen molar-refractivity contribution in [3.8, 4) is 0 Å². The highest BCUT2D eigenvalue weighted by Crippen LogP contribution is 2.29. The number of aromatic nitrogens is 1. The van der Waals surface area contributed by atoms with Crippen LogP contribution in [-0.2, 0) is 19.3 Å². The molecule has 1 aromatic heterocycles. The minimum absolute atomic E-state index is 0.194. The van der Waals surface area contributed by atoms with Gasteiger partial charge >= 0.3 is 6.18 Å². The topological polar surface area (TPSA) is 49.3 Å². The van der Waals surface area contributed by atoms with Crippen LogP contribution in [0.4, 0.5) is 13.2 Å². The summed E-state index contributed by atoms with van der Waals surface area (Å²) in [7, 11) is 0. The number of aliphatic imine (C=N–C) groups is 1. The van der Waals surface area contributed by atoms with Crippen LogP contribution in [0.3, 0.4) is 0 Å². The maximum atomic E-state index is 12.6. The van der Waals surface area contributed by atoms with Gasteiger partial charge in [0.1, 0.15) is 5.01 Å². The third-order valence-corrected chi connectivity index (χ3v) is 4.35. The average Bonchev–Trinajstić information content (AvgIpc) is 3.00. The number of nitrogens with zero attached hydrogens (tertiary/aromatic N) is 2. The SMILES string of the molecule is CCNC(=NCc1ccc(C)cc1C)NCc1nc(C(F)(F)F)cs1. The van der Waals surface area contributed by atoms with E-state index in [0.29, 0.717) is 24.1 Å². The summed E-state index contributed by atoms with van der Waals surface area (Å²) in [5.74, 6) is 0.547. The zero-order chi connectivity index (χ0) is 18.4. The van der Waals surface area contributed by atoms with Gasteiger partial charge in [0.15, 0.2) is 11.7 Å². The Balaban J connectivity index is 2.01. The Hall–Kier alpha value is -2.09. The molecule has 2 N–H and O–H groups in total. The predicted octanol–water partition coefficient (Wildman–Crippen LogP) is 4.03. The Labute approximate surface area is 149 Å². The van der Waals surface area contributed by atoms with Gasteiger partial charge in [-0.25, -0.2) is 9.98 Å². The molecule has 0 radical (unpaired) electrons. The van der Waals surface area contributed by atoms with Crippen LogP contribution in [0.2, 0.25) is 0 Å². The van der Waals surface area contributed by atoms with E-state index in [4.69, 9.17) is 0 Å². The summed E-state index contributed by atoms with van der Waals surface area (Å²) in [6.07, 6.45) is -4.41. The lowest BCUT2D eigenvalue weighted by Gasteiger charge is -2.11. The Bertz CT molecular complexity index is 738. The number of hydrogen-bond donors (Lipinski definition) is 2. The monoisotopic (exact) mass is 370 g/mol. The molecule has 0 atom stereocenters. The highest BCUT2D eigenvalue weighted by atomic mass is 32.1. The molecule has 1 aromatic carbocycles. The zero-order valence-corrected chi connectivity index (χ0v) is 15.2. The van der Waals surface area contributed by atoms with E-state index < -0.39 is 11.9 Å². The highest BCUT2D eigenvalue weighted by molar-refractivity contribution is 7.09. The first-order chi connectivity index (χ1) is 11.8. The van der Waals surface area contributed by atoms with Crippen LogP contribution in [0.1, 0.15) is 34.3 Å². The fourth-order valence-electron chi connectivity index (χ4n) is 2.21. The minimum atomic E-state index is -4.41. The molecule has 1 heterocycles. The maximum absolute atomic E-state index is 12.6. The first kappa shape index (κ1) is 19.2. The molecule has 2 aromatic rings. The number of alkyl halides is 3. The Kier molecular flexibility index (Phi) is 6.41. The van der Waals surface area contributed by atoms with E-state index in [9.17, 15) is 13.2 Å². The van der Waals surface area contributed by atoms with Crippen LogP contribution < -0.4 is 10.6 Å². The molecule has 0 aliphatic carbocycles. The summed E-state index contributed by atoms with van der Waals surface area (Å²) < 4.78 is 37.7. The number of hydrogen-bond acceptors (Lipinski definition) is 3. The fraction of sp³-hybridized carbons (Fsp3) is 0.412.